The molecular weight excluding hydrogens is 220 g/mol. The second-order valence-electron chi connectivity index (χ2n) is 3.67. The van der Waals surface area contributed by atoms with Crippen molar-refractivity contribution in [3.05, 3.63) is 0 Å². The first-order valence-electron chi connectivity index (χ1n) is 4.71. The van der Waals surface area contributed by atoms with Crippen molar-refractivity contribution in [2.75, 3.05) is 39.5 Å². The molecule has 0 aromatic carbocycles. The van der Waals surface area contributed by atoms with E-state index in [4.69, 9.17) is 9.05 Å². The van der Waals surface area contributed by atoms with Gasteiger partial charge in [0.2, 0.25) is 0 Å². The minimum Gasteiger partial charge on any atom is -0.308 e. The fraction of sp³-hybridized carbons (Fsp3) is 1.00. The molecule has 14 heavy (non-hydrogen) atoms. The average Bonchev–Trinajstić information content (AvgIpc) is 2.01. The fourth-order valence-corrected chi connectivity index (χ4v) is 3.94. The van der Waals surface area contributed by atoms with Gasteiger partial charge >= 0.3 is 7.60 Å². The van der Waals surface area contributed by atoms with Crippen molar-refractivity contribution in [3.63, 3.8) is 0 Å². The molecule has 0 heterocycles. The van der Waals surface area contributed by atoms with Crippen LogP contribution in [0.4, 0.5) is 0 Å². The summed E-state index contributed by atoms with van der Waals surface area (Å²) >= 11 is 0. The van der Waals surface area contributed by atoms with Crippen LogP contribution in [0.15, 0.2) is 4.74 Å². The van der Waals surface area contributed by atoms with Gasteiger partial charge in [0.05, 0.1) is 13.2 Å². The van der Waals surface area contributed by atoms with Crippen molar-refractivity contribution in [1.82, 2.24) is 0 Å². The Bertz CT molecular complexity index is 241. The molecule has 0 bridgehead atoms. The first-order valence-corrected chi connectivity index (χ1v) is 9.52. The van der Waals surface area contributed by atoms with Crippen LogP contribution in [0.1, 0.15) is 13.8 Å². The Morgan fingerprint density at radius 3 is 1.79 bits per heavy atom. The summed E-state index contributed by atoms with van der Waals surface area (Å²) in [5, 5.41) is 0. The summed E-state index contributed by atoms with van der Waals surface area (Å²) in [6, 6.07) is 0. The number of hydrogen-bond acceptors (Lipinski definition) is 4. The zero-order chi connectivity index (χ0) is 11.2. The molecule has 0 rings (SSSR count). The van der Waals surface area contributed by atoms with Gasteiger partial charge < -0.3 is 9.05 Å². The third-order valence-electron chi connectivity index (χ3n) is 1.31. The van der Waals surface area contributed by atoms with Gasteiger partial charge in [-0.1, -0.05) is 0 Å². The Kier molecular flexibility index (Phi) is 6.24. The minimum atomic E-state index is -2.95. The van der Waals surface area contributed by atoms with Gasteiger partial charge in [-0.3, -0.25) is 9.31 Å². The smallest absolute Gasteiger partial charge is 0.308 e. The maximum atomic E-state index is 11.9. The Labute approximate surface area is 87.0 Å². The van der Waals surface area contributed by atoms with Gasteiger partial charge in [0, 0.05) is 0 Å². The lowest BCUT2D eigenvalue weighted by atomic mass is 10.9. The lowest BCUT2D eigenvalue weighted by Crippen LogP contribution is -1.98. The van der Waals surface area contributed by atoms with Gasteiger partial charge in [0.25, 0.3) is 0 Å². The molecule has 0 saturated heterocycles. The van der Waals surface area contributed by atoms with E-state index in [2.05, 4.69) is 24.7 Å². The summed E-state index contributed by atoms with van der Waals surface area (Å²) in [6.07, 6.45) is 0.186. The van der Waals surface area contributed by atoms with Gasteiger partial charge in [-0.05, 0) is 40.9 Å². The molecule has 0 N–H and O–H groups in total. The zero-order valence-electron chi connectivity index (χ0n) is 9.69. The van der Waals surface area contributed by atoms with Gasteiger partial charge in [-0.15, -0.1) is 0 Å². The summed E-state index contributed by atoms with van der Waals surface area (Å²) < 4.78 is 26.5. The largest absolute Gasteiger partial charge is 0.351 e. The first-order chi connectivity index (χ1) is 6.33. The highest BCUT2D eigenvalue weighted by Crippen LogP contribution is 2.51. The average molecular weight is 241 g/mol. The Morgan fingerprint density at radius 2 is 1.50 bits per heavy atom. The topological polar surface area (TPSA) is 47.9 Å². The van der Waals surface area contributed by atoms with Crippen molar-refractivity contribution in [2.45, 2.75) is 13.8 Å². The molecule has 0 fully saturated rings. The van der Waals surface area contributed by atoms with Crippen molar-refractivity contribution in [2.24, 2.45) is 4.74 Å². The second kappa shape index (κ2) is 6.07. The minimum absolute atomic E-state index is 0.186. The molecule has 86 valence electrons. The predicted molar refractivity (Wildman–Crippen MR) is 62.8 cm³/mol. The van der Waals surface area contributed by atoms with Gasteiger partial charge in [-0.2, -0.15) is 0 Å². The van der Waals surface area contributed by atoms with Crippen LogP contribution in [0.2, 0.25) is 0 Å². The molecule has 0 spiro atoms. The van der Waals surface area contributed by atoms with Crippen molar-refractivity contribution < 1.29 is 13.6 Å². The summed E-state index contributed by atoms with van der Waals surface area (Å²) in [5.74, 6) is 0. The van der Waals surface area contributed by atoms with E-state index in [1.54, 1.807) is 13.8 Å². The molecule has 0 radical (unpaired) electrons. The van der Waals surface area contributed by atoms with Crippen LogP contribution in [-0.4, -0.2) is 39.5 Å². The van der Waals surface area contributed by atoms with E-state index in [-0.39, 0.29) is 6.29 Å². The predicted octanol–water partition coefficient (Wildman–Crippen LogP) is 3.30. The Morgan fingerprint density at radius 1 is 1.07 bits per heavy atom. The molecule has 0 aromatic rings. The van der Waals surface area contributed by atoms with Crippen LogP contribution < -0.4 is 0 Å². The highest BCUT2D eigenvalue weighted by Gasteiger charge is 2.22. The zero-order valence-corrected chi connectivity index (χ0v) is 11.5. The second-order valence-corrected chi connectivity index (χ2v) is 9.86. The van der Waals surface area contributed by atoms with Gasteiger partial charge in [0.15, 0.2) is 0 Å². The molecule has 0 atom stereocenters. The molecule has 0 aliphatic heterocycles. The van der Waals surface area contributed by atoms with E-state index in [1.165, 1.54) is 0 Å². The van der Waals surface area contributed by atoms with Crippen molar-refractivity contribution in [3.8, 4) is 0 Å². The molecule has 0 aliphatic rings. The van der Waals surface area contributed by atoms with Crippen LogP contribution >= 0.6 is 14.7 Å². The molecule has 0 amide bonds. The monoisotopic (exact) mass is 241 g/mol. The molecule has 0 aromatic heterocycles. The third kappa shape index (κ3) is 6.78. The van der Waals surface area contributed by atoms with Crippen LogP contribution in [0.3, 0.4) is 0 Å². The van der Waals surface area contributed by atoms with E-state index in [9.17, 15) is 4.57 Å². The normalized spacial score (nSPS) is 12.9. The molecule has 6 heteroatoms. The van der Waals surface area contributed by atoms with E-state index in [0.717, 1.165) is 0 Å². The SMILES string of the molecule is CCOP(=O)(CN=P(C)(C)C)OCC. The summed E-state index contributed by atoms with van der Waals surface area (Å²) in [4.78, 5) is 0. The maximum absolute atomic E-state index is 11.9. The Balaban J connectivity index is 4.46. The van der Waals surface area contributed by atoms with Crippen LogP contribution in [0.5, 0.6) is 0 Å². The van der Waals surface area contributed by atoms with E-state index in [1.807, 2.05) is 0 Å². The van der Waals surface area contributed by atoms with Crippen molar-refractivity contribution >= 4 is 14.7 Å². The number of rotatable bonds is 6. The molecule has 0 unspecified atom stereocenters. The van der Waals surface area contributed by atoms with Gasteiger partial charge in [-0.25, -0.2) is 0 Å². The third-order valence-corrected chi connectivity index (χ3v) is 4.32. The van der Waals surface area contributed by atoms with Crippen LogP contribution in [0, 0.1) is 0 Å². The molecule has 0 aliphatic carbocycles. The lowest BCUT2D eigenvalue weighted by Gasteiger charge is -2.16. The number of nitrogens with zero attached hydrogens (tertiary/aromatic N) is 1. The summed E-state index contributed by atoms with van der Waals surface area (Å²) in [5.41, 5.74) is 0. The molecule has 0 saturated carbocycles. The van der Waals surface area contributed by atoms with E-state index < -0.39 is 14.7 Å². The fourth-order valence-electron chi connectivity index (χ4n) is 0.780. The first kappa shape index (κ1) is 14.4. The van der Waals surface area contributed by atoms with Crippen LogP contribution in [0.25, 0.3) is 0 Å². The molecular formula is C8H21NO3P2. The lowest BCUT2D eigenvalue weighted by molar-refractivity contribution is 0.221. The molecule has 4 nitrogen and oxygen atoms in total. The van der Waals surface area contributed by atoms with Crippen LogP contribution in [-0.2, 0) is 13.6 Å². The van der Waals surface area contributed by atoms with Gasteiger partial charge in [0.1, 0.15) is 6.29 Å². The number of hydrogen-bond donors (Lipinski definition) is 0. The van der Waals surface area contributed by atoms with E-state index >= 15 is 0 Å². The highest BCUT2D eigenvalue weighted by atomic mass is 31.2. The van der Waals surface area contributed by atoms with E-state index in [0.29, 0.717) is 13.2 Å². The highest BCUT2D eigenvalue weighted by molar-refractivity contribution is 7.64. The maximum Gasteiger partial charge on any atom is 0.351 e. The standard InChI is InChI=1S/C8H21NO3P2/c1-6-11-14(10,12-7-2)8-9-13(3,4)5/h6-8H2,1-5H3. The quantitative estimate of drug-likeness (QED) is 0.670. The van der Waals surface area contributed by atoms with Crippen molar-refractivity contribution in [1.29, 1.82) is 0 Å². The Hall–Kier alpha value is 0.380. The summed E-state index contributed by atoms with van der Waals surface area (Å²) in [7, 11) is -4.22. The summed E-state index contributed by atoms with van der Waals surface area (Å²) in [6.45, 7) is 10.6.